The molecule has 0 N–H and O–H groups in total. The zero-order valence-electron chi connectivity index (χ0n) is 19.2. The van der Waals surface area contributed by atoms with Crippen molar-refractivity contribution in [2.24, 2.45) is 0 Å². The number of carbonyl (C=O) groups is 2. The molecule has 4 nitrogen and oxygen atoms in total. The van der Waals surface area contributed by atoms with E-state index in [2.05, 4.69) is 0 Å². The van der Waals surface area contributed by atoms with Crippen molar-refractivity contribution in [2.75, 3.05) is 0 Å². The van der Waals surface area contributed by atoms with Crippen LogP contribution in [0.2, 0.25) is 5.02 Å². The van der Waals surface area contributed by atoms with Crippen molar-refractivity contribution in [2.45, 2.75) is 13.8 Å². The summed E-state index contributed by atoms with van der Waals surface area (Å²) in [6, 6.07) is 26.9. The average molecular weight is 481 g/mol. The van der Waals surface area contributed by atoms with E-state index >= 15 is 0 Å². The molecule has 172 valence electrons. The summed E-state index contributed by atoms with van der Waals surface area (Å²) >= 11 is 6.62. The van der Waals surface area contributed by atoms with Gasteiger partial charge in [0, 0.05) is 21.5 Å². The third kappa shape index (κ3) is 4.36. The Morgan fingerprint density at radius 3 is 1.57 bits per heavy atom. The molecule has 0 radical (unpaired) electrons. The summed E-state index contributed by atoms with van der Waals surface area (Å²) in [7, 11) is 0. The Bertz CT molecular complexity index is 1590. The molecule has 0 spiro atoms. The third-order valence-electron chi connectivity index (χ3n) is 5.87. The van der Waals surface area contributed by atoms with Gasteiger partial charge in [-0.3, -0.25) is 0 Å². The highest BCUT2D eigenvalue weighted by Crippen LogP contribution is 2.45. The number of aryl methyl sites for hydroxylation is 2. The van der Waals surface area contributed by atoms with Gasteiger partial charge < -0.3 is 9.47 Å². The summed E-state index contributed by atoms with van der Waals surface area (Å²) < 4.78 is 11.9. The highest BCUT2D eigenvalue weighted by atomic mass is 35.5. The fourth-order valence-electron chi connectivity index (χ4n) is 4.00. The van der Waals surface area contributed by atoms with Crippen molar-refractivity contribution < 1.29 is 19.1 Å². The normalized spacial score (nSPS) is 10.9. The number of esters is 2. The van der Waals surface area contributed by atoms with Gasteiger partial charge in [0.05, 0.1) is 16.1 Å². The third-order valence-corrected chi connectivity index (χ3v) is 6.18. The first-order chi connectivity index (χ1) is 16.9. The molecule has 0 saturated heterocycles. The van der Waals surface area contributed by atoms with Gasteiger partial charge >= 0.3 is 11.9 Å². The largest absolute Gasteiger partial charge is 0.422 e. The minimum Gasteiger partial charge on any atom is -0.422 e. The van der Waals surface area contributed by atoms with Gasteiger partial charge in [0.25, 0.3) is 0 Å². The van der Waals surface area contributed by atoms with Gasteiger partial charge in [-0.25, -0.2) is 9.59 Å². The summed E-state index contributed by atoms with van der Waals surface area (Å²) in [5, 5.41) is 2.70. The smallest absolute Gasteiger partial charge is 0.343 e. The second-order valence-corrected chi connectivity index (χ2v) is 8.78. The zero-order chi connectivity index (χ0) is 24.5. The SMILES string of the molecule is Cc1ccc(C(=O)Oc2c3ccccc3c(OC(=O)c3ccc(C)cc3)c3c(Cl)cccc23)cc1. The fraction of sp³-hybridized carbons (Fsp3) is 0.0667. The van der Waals surface area contributed by atoms with Crippen LogP contribution in [0.25, 0.3) is 21.5 Å². The average Bonchev–Trinajstić information content (AvgIpc) is 2.86. The van der Waals surface area contributed by atoms with Gasteiger partial charge in [0.15, 0.2) is 0 Å². The molecule has 0 aromatic heterocycles. The van der Waals surface area contributed by atoms with E-state index in [1.807, 2.05) is 62.4 Å². The molecule has 0 aliphatic heterocycles. The Kier molecular flexibility index (Phi) is 5.98. The Morgan fingerprint density at radius 1 is 0.571 bits per heavy atom. The maximum Gasteiger partial charge on any atom is 0.343 e. The number of halogens is 1. The van der Waals surface area contributed by atoms with Gasteiger partial charge in [-0.1, -0.05) is 83.4 Å². The van der Waals surface area contributed by atoms with E-state index in [4.69, 9.17) is 21.1 Å². The number of fused-ring (bicyclic) bond motifs is 2. The predicted molar refractivity (Wildman–Crippen MR) is 139 cm³/mol. The molecule has 0 unspecified atom stereocenters. The van der Waals surface area contributed by atoms with Crippen molar-refractivity contribution in [3.05, 3.63) is 118 Å². The minimum atomic E-state index is -0.499. The maximum atomic E-state index is 13.0. The van der Waals surface area contributed by atoms with Crippen molar-refractivity contribution in [1.29, 1.82) is 0 Å². The lowest BCUT2D eigenvalue weighted by molar-refractivity contribution is 0.0726. The van der Waals surface area contributed by atoms with E-state index in [1.165, 1.54) is 0 Å². The van der Waals surface area contributed by atoms with E-state index in [-0.39, 0.29) is 0 Å². The zero-order valence-corrected chi connectivity index (χ0v) is 19.9. The lowest BCUT2D eigenvalue weighted by Gasteiger charge is -2.17. The molecular weight excluding hydrogens is 460 g/mol. The van der Waals surface area contributed by atoms with Crippen LogP contribution in [0.1, 0.15) is 31.8 Å². The van der Waals surface area contributed by atoms with E-state index < -0.39 is 11.9 Å². The number of benzene rings is 5. The van der Waals surface area contributed by atoms with Gasteiger partial charge in [0.2, 0.25) is 0 Å². The molecule has 5 heteroatoms. The van der Waals surface area contributed by atoms with Gasteiger partial charge in [0.1, 0.15) is 11.5 Å². The molecule has 0 aliphatic carbocycles. The lowest BCUT2D eigenvalue weighted by atomic mass is 10.00. The quantitative estimate of drug-likeness (QED) is 0.150. The predicted octanol–water partition coefficient (Wildman–Crippen LogP) is 7.70. The Hall–Kier alpha value is -4.15. The van der Waals surface area contributed by atoms with Gasteiger partial charge in [-0.2, -0.15) is 0 Å². The molecule has 0 saturated carbocycles. The van der Waals surface area contributed by atoms with Crippen LogP contribution in [0.3, 0.4) is 0 Å². The highest BCUT2D eigenvalue weighted by molar-refractivity contribution is 6.37. The van der Waals surface area contributed by atoms with E-state index in [0.29, 0.717) is 49.2 Å². The van der Waals surface area contributed by atoms with Crippen molar-refractivity contribution in [3.63, 3.8) is 0 Å². The number of rotatable bonds is 4. The monoisotopic (exact) mass is 480 g/mol. The standard InChI is InChI=1S/C30H21ClO4/c1-18-10-14-20(15-11-18)29(32)34-27-22-6-3-4-7-23(22)28(26-24(27)8-5-9-25(26)31)35-30(33)21-16-12-19(2)13-17-21/h3-17H,1-2H3. The first-order valence-corrected chi connectivity index (χ1v) is 11.5. The second kappa shape index (κ2) is 9.24. The van der Waals surface area contributed by atoms with Gasteiger partial charge in [-0.05, 0) is 44.2 Å². The molecule has 0 atom stereocenters. The van der Waals surface area contributed by atoms with Crippen molar-refractivity contribution >= 4 is 45.1 Å². The molecule has 0 bridgehead atoms. The topological polar surface area (TPSA) is 52.6 Å². The fourth-order valence-corrected chi connectivity index (χ4v) is 4.26. The summed E-state index contributed by atoms with van der Waals surface area (Å²) in [6.07, 6.45) is 0. The minimum absolute atomic E-state index is 0.321. The first-order valence-electron chi connectivity index (χ1n) is 11.1. The number of hydrogen-bond donors (Lipinski definition) is 0. The molecule has 0 fully saturated rings. The Labute approximate surface area is 207 Å². The van der Waals surface area contributed by atoms with Crippen LogP contribution < -0.4 is 9.47 Å². The van der Waals surface area contributed by atoms with Crippen LogP contribution >= 0.6 is 11.6 Å². The first kappa shape index (κ1) is 22.6. The van der Waals surface area contributed by atoms with Crippen LogP contribution in [0, 0.1) is 13.8 Å². The molecule has 5 rings (SSSR count). The van der Waals surface area contributed by atoms with Crippen LogP contribution in [0.4, 0.5) is 0 Å². The summed E-state index contributed by atoms with van der Waals surface area (Å²) in [4.78, 5) is 26.1. The highest BCUT2D eigenvalue weighted by Gasteiger charge is 2.22. The van der Waals surface area contributed by atoms with E-state index in [9.17, 15) is 9.59 Å². The second-order valence-electron chi connectivity index (χ2n) is 8.38. The van der Waals surface area contributed by atoms with Crippen LogP contribution in [-0.2, 0) is 0 Å². The van der Waals surface area contributed by atoms with Crippen molar-refractivity contribution in [1.82, 2.24) is 0 Å². The summed E-state index contributed by atoms with van der Waals surface area (Å²) in [5.41, 5.74) is 2.95. The van der Waals surface area contributed by atoms with E-state index in [1.54, 1.807) is 42.5 Å². The van der Waals surface area contributed by atoms with Crippen LogP contribution in [-0.4, -0.2) is 11.9 Å². The number of carbonyl (C=O) groups excluding carboxylic acids is 2. The number of ether oxygens (including phenoxy) is 2. The lowest BCUT2D eigenvalue weighted by Crippen LogP contribution is -2.11. The Balaban J connectivity index is 1.68. The van der Waals surface area contributed by atoms with Crippen LogP contribution in [0.5, 0.6) is 11.5 Å². The molecule has 5 aromatic rings. The molecule has 0 amide bonds. The molecule has 0 aliphatic rings. The summed E-state index contributed by atoms with van der Waals surface area (Å²) in [6.45, 7) is 3.90. The molecule has 0 heterocycles. The molecule has 5 aromatic carbocycles. The van der Waals surface area contributed by atoms with Crippen LogP contribution in [0.15, 0.2) is 91.0 Å². The van der Waals surface area contributed by atoms with Gasteiger partial charge in [-0.15, -0.1) is 0 Å². The number of hydrogen-bond acceptors (Lipinski definition) is 4. The maximum absolute atomic E-state index is 13.0. The molecular formula is C30H21ClO4. The summed E-state index contributed by atoms with van der Waals surface area (Å²) in [5.74, 6) is -0.303. The Morgan fingerprint density at radius 2 is 1.03 bits per heavy atom. The van der Waals surface area contributed by atoms with E-state index in [0.717, 1.165) is 11.1 Å². The molecule has 35 heavy (non-hydrogen) atoms. The van der Waals surface area contributed by atoms with Crippen molar-refractivity contribution in [3.8, 4) is 11.5 Å².